The van der Waals surface area contributed by atoms with E-state index in [4.69, 9.17) is 4.74 Å². The van der Waals surface area contributed by atoms with E-state index in [2.05, 4.69) is 61.7 Å². The predicted molar refractivity (Wildman–Crippen MR) is 125 cm³/mol. The molecule has 0 N–H and O–H groups in total. The summed E-state index contributed by atoms with van der Waals surface area (Å²) in [6.07, 6.45) is 10.2. The lowest BCUT2D eigenvalue weighted by Gasteiger charge is -2.26. The average Bonchev–Trinajstić information content (AvgIpc) is 3.47. The highest BCUT2D eigenvalue weighted by molar-refractivity contribution is 7.08. The first-order valence-corrected chi connectivity index (χ1v) is 11.6. The smallest absolute Gasteiger partial charge is 0.143 e. The second-order valence-electron chi connectivity index (χ2n) is 7.97. The van der Waals surface area contributed by atoms with Gasteiger partial charge in [-0.25, -0.2) is 0 Å². The highest BCUT2D eigenvalue weighted by Crippen LogP contribution is 2.36. The maximum Gasteiger partial charge on any atom is 0.143 e. The molecule has 0 unspecified atom stereocenters. The molecule has 0 aliphatic carbocycles. The van der Waals surface area contributed by atoms with E-state index >= 15 is 0 Å². The van der Waals surface area contributed by atoms with Crippen LogP contribution < -0.4 is 4.74 Å². The van der Waals surface area contributed by atoms with E-state index in [0.29, 0.717) is 0 Å². The first kappa shape index (κ1) is 19.3. The second-order valence-corrected chi connectivity index (χ2v) is 8.75. The molecule has 1 aliphatic heterocycles. The van der Waals surface area contributed by atoms with Crippen LogP contribution >= 0.6 is 11.3 Å². The maximum atomic E-state index is 5.74. The number of nitrogens with zero attached hydrogens (tertiary/aromatic N) is 3. The molecule has 4 heterocycles. The lowest BCUT2D eigenvalue weighted by atomic mass is 10.0. The van der Waals surface area contributed by atoms with Crippen molar-refractivity contribution < 1.29 is 4.74 Å². The molecule has 0 amide bonds. The topological polar surface area (TPSA) is 30.3 Å². The Hall–Kier alpha value is -2.63. The lowest BCUT2D eigenvalue weighted by molar-refractivity contribution is 0.221. The van der Waals surface area contributed by atoms with Crippen LogP contribution in [0.1, 0.15) is 19.3 Å². The zero-order valence-electron chi connectivity index (χ0n) is 17.4. The summed E-state index contributed by atoms with van der Waals surface area (Å²) >= 11 is 1.71. The zero-order valence-corrected chi connectivity index (χ0v) is 18.2. The van der Waals surface area contributed by atoms with Crippen molar-refractivity contribution in [2.45, 2.75) is 25.8 Å². The van der Waals surface area contributed by atoms with E-state index in [1.165, 1.54) is 54.4 Å². The fourth-order valence-electron chi connectivity index (χ4n) is 4.50. The van der Waals surface area contributed by atoms with Crippen LogP contribution in [0.4, 0.5) is 0 Å². The van der Waals surface area contributed by atoms with Gasteiger partial charge >= 0.3 is 0 Å². The number of benzene rings is 1. The molecule has 0 radical (unpaired) electrons. The normalized spacial score (nSPS) is 15.0. The molecular formula is C25H27N3OS. The van der Waals surface area contributed by atoms with E-state index in [0.717, 1.165) is 30.0 Å². The van der Waals surface area contributed by atoms with E-state index in [9.17, 15) is 0 Å². The Morgan fingerprint density at radius 1 is 1.00 bits per heavy atom. The highest BCUT2D eigenvalue weighted by atomic mass is 32.1. The summed E-state index contributed by atoms with van der Waals surface area (Å²) in [6, 6.07) is 10.7. The number of hydrogen-bond donors (Lipinski definition) is 0. The van der Waals surface area contributed by atoms with E-state index < -0.39 is 0 Å². The average molecular weight is 418 g/mol. The maximum absolute atomic E-state index is 5.74. The lowest BCUT2D eigenvalue weighted by Crippen LogP contribution is -2.32. The third-order valence-corrected chi connectivity index (χ3v) is 6.77. The first-order valence-electron chi connectivity index (χ1n) is 10.7. The molecule has 3 aromatic heterocycles. The number of hydrogen-bond acceptors (Lipinski definition) is 4. The first-order chi connectivity index (χ1) is 14.8. The molecule has 0 spiro atoms. The van der Waals surface area contributed by atoms with Gasteiger partial charge in [-0.3, -0.25) is 4.98 Å². The Bertz CT molecular complexity index is 1130. The summed E-state index contributed by atoms with van der Waals surface area (Å²) in [5.74, 6) is 0.930. The number of thiophene rings is 1. The predicted octanol–water partition coefficient (Wildman–Crippen LogP) is 5.93. The minimum Gasteiger partial charge on any atom is -0.495 e. The van der Waals surface area contributed by atoms with Crippen LogP contribution in [0.25, 0.3) is 33.2 Å². The van der Waals surface area contributed by atoms with Crippen molar-refractivity contribution in [3.8, 4) is 28.0 Å². The molecule has 1 saturated heterocycles. The molecule has 1 aromatic carbocycles. The molecule has 1 aliphatic rings. The van der Waals surface area contributed by atoms with Gasteiger partial charge in [0.25, 0.3) is 0 Å². The fourth-order valence-corrected chi connectivity index (χ4v) is 5.17. The summed E-state index contributed by atoms with van der Waals surface area (Å²) in [5.41, 5.74) is 5.92. The van der Waals surface area contributed by atoms with E-state index in [1.54, 1.807) is 18.4 Å². The van der Waals surface area contributed by atoms with Gasteiger partial charge in [-0.1, -0.05) is 18.6 Å². The Morgan fingerprint density at radius 2 is 1.87 bits per heavy atom. The molecule has 30 heavy (non-hydrogen) atoms. The third kappa shape index (κ3) is 3.75. The Labute approximate surface area is 181 Å². The van der Waals surface area contributed by atoms with Gasteiger partial charge in [0.1, 0.15) is 5.75 Å². The van der Waals surface area contributed by atoms with E-state index in [-0.39, 0.29) is 0 Å². The molecule has 0 saturated carbocycles. The summed E-state index contributed by atoms with van der Waals surface area (Å²) in [5, 5.41) is 5.50. The van der Waals surface area contributed by atoms with Crippen molar-refractivity contribution in [2.24, 2.45) is 0 Å². The summed E-state index contributed by atoms with van der Waals surface area (Å²) < 4.78 is 8.11. The zero-order chi connectivity index (χ0) is 20.3. The summed E-state index contributed by atoms with van der Waals surface area (Å²) in [7, 11) is 1.76. The number of ether oxygens (including phenoxy) is 1. The second kappa shape index (κ2) is 8.62. The highest BCUT2D eigenvalue weighted by Gasteiger charge is 2.16. The van der Waals surface area contributed by atoms with Gasteiger partial charge in [0.2, 0.25) is 0 Å². The van der Waals surface area contributed by atoms with Crippen molar-refractivity contribution in [1.29, 1.82) is 0 Å². The van der Waals surface area contributed by atoms with Gasteiger partial charge in [-0.05, 0) is 60.5 Å². The van der Waals surface area contributed by atoms with Crippen LogP contribution in [0.5, 0.6) is 5.75 Å². The molecule has 154 valence electrons. The molecule has 0 atom stereocenters. The van der Waals surface area contributed by atoms with Crippen LogP contribution in [0.15, 0.2) is 59.7 Å². The summed E-state index contributed by atoms with van der Waals surface area (Å²) in [6.45, 7) is 4.48. The molecular weight excluding hydrogens is 390 g/mol. The molecule has 4 aromatic rings. The number of likely N-dealkylation sites (tertiary alicyclic amines) is 1. The van der Waals surface area contributed by atoms with Gasteiger partial charge < -0.3 is 14.2 Å². The largest absolute Gasteiger partial charge is 0.495 e. The fraction of sp³-hybridized carbons (Fsp3) is 0.320. The Morgan fingerprint density at radius 3 is 2.67 bits per heavy atom. The standard InChI is InChI=1S/C25H27N3OS/c1-29-24-7-5-6-22-23(21-14-20(15-26-16-21)19-8-13-30-18-19)17-28(25(22)24)12-11-27-9-3-2-4-10-27/h5-8,13-18H,2-4,9-12H2,1H3. The molecule has 5 rings (SSSR count). The van der Waals surface area contributed by atoms with Gasteiger partial charge in [0, 0.05) is 53.8 Å². The molecule has 1 fully saturated rings. The SMILES string of the molecule is COc1cccc2c(-c3cncc(-c4ccsc4)c3)cn(CCN3CCCCC3)c12. The number of fused-ring (bicyclic) bond motifs is 1. The Balaban J connectivity index is 1.55. The van der Waals surface area contributed by atoms with Crippen LogP contribution in [0, 0.1) is 0 Å². The van der Waals surface area contributed by atoms with Gasteiger partial charge in [-0.2, -0.15) is 11.3 Å². The number of rotatable bonds is 6. The summed E-state index contributed by atoms with van der Waals surface area (Å²) in [4.78, 5) is 7.14. The monoisotopic (exact) mass is 417 g/mol. The van der Waals surface area contributed by atoms with Crippen molar-refractivity contribution in [3.05, 3.63) is 59.7 Å². The minimum absolute atomic E-state index is 0.930. The van der Waals surface area contributed by atoms with Crippen molar-refractivity contribution in [3.63, 3.8) is 0 Å². The number of para-hydroxylation sites is 1. The van der Waals surface area contributed by atoms with Crippen LogP contribution in [0.2, 0.25) is 0 Å². The third-order valence-electron chi connectivity index (χ3n) is 6.09. The quantitative estimate of drug-likeness (QED) is 0.390. The van der Waals surface area contributed by atoms with Crippen molar-refractivity contribution >= 4 is 22.2 Å². The number of pyridine rings is 1. The molecule has 0 bridgehead atoms. The van der Waals surface area contributed by atoms with Gasteiger partial charge in [0.15, 0.2) is 0 Å². The van der Waals surface area contributed by atoms with Crippen LogP contribution in [0.3, 0.4) is 0 Å². The van der Waals surface area contributed by atoms with Crippen LogP contribution in [-0.4, -0.2) is 41.2 Å². The van der Waals surface area contributed by atoms with Gasteiger partial charge in [-0.15, -0.1) is 0 Å². The molecule has 5 heteroatoms. The number of piperidine rings is 1. The minimum atomic E-state index is 0.930. The van der Waals surface area contributed by atoms with Crippen molar-refractivity contribution in [1.82, 2.24) is 14.5 Å². The number of aromatic nitrogens is 2. The molecule has 4 nitrogen and oxygen atoms in total. The number of methoxy groups -OCH3 is 1. The van der Waals surface area contributed by atoms with E-state index in [1.807, 2.05) is 12.4 Å². The van der Waals surface area contributed by atoms with Gasteiger partial charge in [0.05, 0.1) is 12.6 Å². The van der Waals surface area contributed by atoms with Crippen molar-refractivity contribution in [2.75, 3.05) is 26.7 Å². The van der Waals surface area contributed by atoms with Crippen LogP contribution in [-0.2, 0) is 6.54 Å². The Kier molecular flexibility index (Phi) is 5.56.